The van der Waals surface area contributed by atoms with Crippen molar-refractivity contribution in [3.63, 3.8) is 0 Å². The molecular formula is C10H19NO. The van der Waals surface area contributed by atoms with Crippen LogP contribution in [0.3, 0.4) is 0 Å². The highest BCUT2D eigenvalue weighted by molar-refractivity contribution is 5.79. The molecule has 0 amide bonds. The average molecular weight is 169 g/mol. The summed E-state index contributed by atoms with van der Waals surface area (Å²) < 4.78 is 0. The fourth-order valence-electron chi connectivity index (χ4n) is 0.722. The molecule has 0 unspecified atom stereocenters. The summed E-state index contributed by atoms with van der Waals surface area (Å²) >= 11 is 0. The fraction of sp³-hybridized carbons (Fsp3) is 0.700. The lowest BCUT2D eigenvalue weighted by atomic mass is 10.2. The quantitative estimate of drug-likeness (QED) is 0.660. The number of rotatable bonds is 6. The largest absolute Gasteiger partial charge is 0.391 e. The number of Topliss-reactive ketones (excluding diaryl/α,β-unsaturated/α-hetero) is 1. The Bertz CT molecular complexity index is 150. The maximum Gasteiger partial charge on any atom is 0.136 e. The summed E-state index contributed by atoms with van der Waals surface area (Å²) in [4.78, 5) is 10.8. The summed E-state index contributed by atoms with van der Waals surface area (Å²) in [7, 11) is 0. The van der Waals surface area contributed by atoms with Gasteiger partial charge in [-0.05, 0) is 12.1 Å². The zero-order chi connectivity index (χ0) is 9.40. The average Bonchev–Trinajstić information content (AvgIpc) is 2.03. The molecule has 0 aromatic rings. The number of ketones is 1. The van der Waals surface area contributed by atoms with Crippen molar-refractivity contribution in [3.8, 4) is 0 Å². The molecule has 0 heterocycles. The van der Waals surface area contributed by atoms with Crippen molar-refractivity contribution in [2.75, 3.05) is 6.54 Å². The number of hydrogen-bond acceptors (Lipinski definition) is 2. The van der Waals surface area contributed by atoms with Crippen molar-refractivity contribution in [2.24, 2.45) is 5.92 Å². The van der Waals surface area contributed by atoms with Gasteiger partial charge in [0.2, 0.25) is 0 Å². The van der Waals surface area contributed by atoms with Crippen LogP contribution in [0, 0.1) is 5.92 Å². The molecule has 2 nitrogen and oxygen atoms in total. The second-order valence-corrected chi connectivity index (χ2v) is 3.30. The number of nitrogens with one attached hydrogen (secondary N) is 1. The highest BCUT2D eigenvalue weighted by atomic mass is 16.1. The van der Waals surface area contributed by atoms with Crippen molar-refractivity contribution >= 4 is 5.78 Å². The molecule has 0 atom stereocenters. The van der Waals surface area contributed by atoms with Crippen molar-refractivity contribution < 1.29 is 4.79 Å². The minimum atomic E-state index is 0.289. The van der Waals surface area contributed by atoms with Crippen LogP contribution in [0.4, 0.5) is 0 Å². The zero-order valence-electron chi connectivity index (χ0n) is 8.26. The van der Waals surface area contributed by atoms with Gasteiger partial charge in [0.15, 0.2) is 0 Å². The first-order valence-electron chi connectivity index (χ1n) is 4.57. The molecule has 2 heteroatoms. The molecule has 0 rings (SSSR count). The van der Waals surface area contributed by atoms with Gasteiger partial charge in [0.1, 0.15) is 5.78 Å². The normalized spacial score (nSPS) is 11.0. The Labute approximate surface area is 75.0 Å². The van der Waals surface area contributed by atoms with E-state index in [0.717, 1.165) is 6.54 Å². The van der Waals surface area contributed by atoms with E-state index in [2.05, 4.69) is 19.2 Å². The Morgan fingerprint density at radius 1 is 1.50 bits per heavy atom. The second kappa shape index (κ2) is 6.89. The van der Waals surface area contributed by atoms with E-state index in [4.69, 9.17) is 0 Å². The van der Waals surface area contributed by atoms with Crippen LogP contribution in [-0.2, 0) is 4.79 Å². The van der Waals surface area contributed by atoms with E-state index in [-0.39, 0.29) is 5.78 Å². The number of carbonyl (C=O) groups is 1. The smallest absolute Gasteiger partial charge is 0.136 e. The molecule has 1 N–H and O–H groups in total. The predicted molar refractivity (Wildman–Crippen MR) is 51.9 cm³/mol. The van der Waals surface area contributed by atoms with Crippen LogP contribution < -0.4 is 5.32 Å². The third kappa shape index (κ3) is 7.32. The predicted octanol–water partition coefficient (Wildman–Crippen LogP) is 2.11. The van der Waals surface area contributed by atoms with Gasteiger partial charge in [-0.1, -0.05) is 26.8 Å². The van der Waals surface area contributed by atoms with Crippen LogP contribution in [0.5, 0.6) is 0 Å². The third-order valence-electron chi connectivity index (χ3n) is 1.50. The monoisotopic (exact) mass is 169 g/mol. The first kappa shape index (κ1) is 11.2. The molecule has 0 bridgehead atoms. The minimum Gasteiger partial charge on any atom is -0.391 e. The van der Waals surface area contributed by atoms with E-state index >= 15 is 0 Å². The Kier molecular flexibility index (Phi) is 6.44. The van der Waals surface area contributed by atoms with E-state index in [0.29, 0.717) is 18.8 Å². The van der Waals surface area contributed by atoms with Gasteiger partial charge in [-0.3, -0.25) is 4.79 Å². The zero-order valence-corrected chi connectivity index (χ0v) is 8.26. The molecular weight excluding hydrogens is 150 g/mol. The van der Waals surface area contributed by atoms with Gasteiger partial charge in [0.25, 0.3) is 0 Å². The summed E-state index contributed by atoms with van der Waals surface area (Å²) in [6.45, 7) is 7.16. The molecule has 0 aromatic heterocycles. The van der Waals surface area contributed by atoms with Gasteiger partial charge >= 0.3 is 0 Å². The van der Waals surface area contributed by atoms with E-state index in [1.165, 1.54) is 0 Å². The summed E-state index contributed by atoms with van der Waals surface area (Å²) in [5, 5.41) is 3.13. The highest BCUT2D eigenvalue weighted by Crippen LogP contribution is 1.90. The number of hydrogen-bond donors (Lipinski definition) is 1. The molecule has 12 heavy (non-hydrogen) atoms. The Morgan fingerprint density at radius 2 is 2.17 bits per heavy atom. The fourth-order valence-corrected chi connectivity index (χ4v) is 0.722. The van der Waals surface area contributed by atoms with Gasteiger partial charge in [0, 0.05) is 19.4 Å². The van der Waals surface area contributed by atoms with Gasteiger partial charge in [0.05, 0.1) is 0 Å². The summed E-state index contributed by atoms with van der Waals surface area (Å²) in [5.74, 6) is 0.939. The molecule has 0 aliphatic rings. The minimum absolute atomic E-state index is 0.289. The molecule has 0 aliphatic carbocycles. The second-order valence-electron chi connectivity index (χ2n) is 3.30. The maximum atomic E-state index is 10.8. The lowest BCUT2D eigenvalue weighted by Crippen LogP contribution is -2.12. The summed E-state index contributed by atoms with van der Waals surface area (Å²) in [6, 6.07) is 0. The number of carbonyl (C=O) groups excluding carboxylic acids is 1. The number of allylic oxidation sites excluding steroid dienone is 1. The van der Waals surface area contributed by atoms with E-state index < -0.39 is 0 Å². The Morgan fingerprint density at radius 3 is 2.67 bits per heavy atom. The van der Waals surface area contributed by atoms with Gasteiger partial charge in [-0.15, -0.1) is 0 Å². The van der Waals surface area contributed by atoms with Crippen molar-refractivity contribution in [1.29, 1.82) is 0 Å². The lowest BCUT2D eigenvalue weighted by Gasteiger charge is -2.02. The maximum absolute atomic E-state index is 10.8. The van der Waals surface area contributed by atoms with Crippen LogP contribution >= 0.6 is 0 Å². The summed E-state index contributed by atoms with van der Waals surface area (Å²) in [6.07, 6.45) is 4.94. The van der Waals surface area contributed by atoms with Crippen molar-refractivity contribution in [1.82, 2.24) is 5.32 Å². The first-order valence-corrected chi connectivity index (χ1v) is 4.57. The van der Waals surface area contributed by atoms with E-state index in [9.17, 15) is 4.79 Å². The molecule has 0 fully saturated rings. The SMILES string of the molecule is CCC(=O)C/C=C\NCC(C)C. The Hall–Kier alpha value is -0.790. The summed E-state index contributed by atoms with van der Waals surface area (Å²) in [5.41, 5.74) is 0. The molecule has 0 saturated heterocycles. The van der Waals surface area contributed by atoms with Crippen molar-refractivity contribution in [2.45, 2.75) is 33.6 Å². The van der Waals surface area contributed by atoms with E-state index in [1.54, 1.807) is 0 Å². The molecule has 0 radical (unpaired) electrons. The van der Waals surface area contributed by atoms with Crippen LogP contribution in [0.15, 0.2) is 12.3 Å². The van der Waals surface area contributed by atoms with Crippen LogP contribution in [0.1, 0.15) is 33.6 Å². The van der Waals surface area contributed by atoms with Gasteiger partial charge < -0.3 is 5.32 Å². The standard InChI is InChI=1S/C10H19NO/c1-4-10(12)6-5-7-11-8-9(2)3/h5,7,9,11H,4,6,8H2,1-3H3/b7-5-. The topological polar surface area (TPSA) is 29.1 Å². The first-order chi connectivity index (χ1) is 5.66. The van der Waals surface area contributed by atoms with Crippen LogP contribution in [-0.4, -0.2) is 12.3 Å². The molecule has 0 spiro atoms. The molecule has 0 aromatic carbocycles. The third-order valence-corrected chi connectivity index (χ3v) is 1.50. The lowest BCUT2D eigenvalue weighted by molar-refractivity contribution is -0.117. The van der Waals surface area contributed by atoms with Crippen LogP contribution in [0.25, 0.3) is 0 Å². The van der Waals surface area contributed by atoms with Crippen molar-refractivity contribution in [3.05, 3.63) is 12.3 Å². The highest BCUT2D eigenvalue weighted by Gasteiger charge is 1.92. The van der Waals surface area contributed by atoms with Crippen LogP contribution in [0.2, 0.25) is 0 Å². The Balaban J connectivity index is 3.31. The molecule has 0 saturated carbocycles. The molecule has 0 aliphatic heterocycles. The molecule has 70 valence electrons. The van der Waals surface area contributed by atoms with E-state index in [1.807, 2.05) is 19.2 Å². The van der Waals surface area contributed by atoms with Gasteiger partial charge in [-0.25, -0.2) is 0 Å². The van der Waals surface area contributed by atoms with Gasteiger partial charge in [-0.2, -0.15) is 0 Å².